The average molecular weight is 171 g/mol. The van der Waals surface area contributed by atoms with Crippen LogP contribution in [0.15, 0.2) is 0 Å². The van der Waals surface area contributed by atoms with Gasteiger partial charge in [-0.3, -0.25) is 4.57 Å². The molecule has 0 atom stereocenters. The molecular formula is C4H8ClO3P. The molecule has 1 fully saturated rings. The maximum absolute atomic E-state index is 11.0. The van der Waals surface area contributed by atoms with Crippen LogP contribution in [0.4, 0.5) is 0 Å². The van der Waals surface area contributed by atoms with Crippen LogP contribution in [0.2, 0.25) is 0 Å². The Kier molecular flexibility index (Phi) is 2.53. The lowest BCUT2D eigenvalue weighted by Gasteiger charge is -2.20. The lowest BCUT2D eigenvalue weighted by Crippen LogP contribution is -2.08. The van der Waals surface area contributed by atoms with Crippen LogP contribution in [0.5, 0.6) is 0 Å². The Labute approximate surface area is 58.8 Å². The standard InChI is InChI=1S/C4H8ClO3P/c5-4-9(6)7-2-1-3-8-9/h1-4H2. The summed E-state index contributed by atoms with van der Waals surface area (Å²) in [6, 6.07) is 0. The molecule has 0 N–H and O–H groups in total. The maximum atomic E-state index is 11.0. The lowest BCUT2D eigenvalue weighted by molar-refractivity contribution is 0.149. The Morgan fingerprint density at radius 3 is 2.33 bits per heavy atom. The summed E-state index contributed by atoms with van der Waals surface area (Å²) in [7, 11) is -2.83. The van der Waals surface area contributed by atoms with Gasteiger partial charge >= 0.3 is 7.60 Å². The molecule has 0 aromatic carbocycles. The van der Waals surface area contributed by atoms with E-state index in [0.717, 1.165) is 6.42 Å². The van der Waals surface area contributed by atoms with Crippen LogP contribution < -0.4 is 0 Å². The van der Waals surface area contributed by atoms with E-state index in [1.807, 2.05) is 0 Å². The summed E-state index contributed by atoms with van der Waals surface area (Å²) >= 11 is 5.31. The van der Waals surface area contributed by atoms with Crippen molar-refractivity contribution in [1.29, 1.82) is 0 Å². The van der Waals surface area contributed by atoms with Crippen molar-refractivity contribution < 1.29 is 13.6 Å². The Morgan fingerprint density at radius 2 is 2.00 bits per heavy atom. The van der Waals surface area contributed by atoms with Crippen LogP contribution in [-0.4, -0.2) is 18.8 Å². The highest BCUT2D eigenvalue weighted by Crippen LogP contribution is 2.50. The lowest BCUT2D eigenvalue weighted by atomic mass is 10.5. The first-order valence-corrected chi connectivity index (χ1v) is 4.97. The maximum Gasteiger partial charge on any atom is 0.345 e. The van der Waals surface area contributed by atoms with Gasteiger partial charge < -0.3 is 9.05 Å². The highest BCUT2D eigenvalue weighted by atomic mass is 35.5. The molecule has 0 unspecified atom stereocenters. The third kappa shape index (κ3) is 1.94. The van der Waals surface area contributed by atoms with Gasteiger partial charge in [0, 0.05) is 0 Å². The number of alkyl halides is 1. The van der Waals surface area contributed by atoms with E-state index in [9.17, 15) is 4.57 Å². The van der Waals surface area contributed by atoms with Gasteiger partial charge in [-0.05, 0) is 6.42 Å². The Balaban J connectivity index is 2.47. The molecule has 0 aromatic rings. The van der Waals surface area contributed by atoms with Gasteiger partial charge in [-0.1, -0.05) is 0 Å². The van der Waals surface area contributed by atoms with Crippen LogP contribution in [0.1, 0.15) is 6.42 Å². The van der Waals surface area contributed by atoms with E-state index in [4.69, 9.17) is 20.6 Å². The highest BCUT2D eigenvalue weighted by molar-refractivity contribution is 7.55. The molecule has 1 aliphatic rings. The Bertz CT molecular complexity index is 128. The molecule has 3 nitrogen and oxygen atoms in total. The van der Waals surface area contributed by atoms with Gasteiger partial charge in [0.2, 0.25) is 0 Å². The molecule has 1 rings (SSSR count). The first-order chi connectivity index (χ1) is 4.27. The Morgan fingerprint density at radius 1 is 1.44 bits per heavy atom. The summed E-state index contributed by atoms with van der Waals surface area (Å²) in [5, 5.41) is 0. The van der Waals surface area contributed by atoms with Gasteiger partial charge in [0.25, 0.3) is 0 Å². The molecule has 5 heteroatoms. The summed E-state index contributed by atoms with van der Waals surface area (Å²) in [6.07, 6.45) is 0.806. The topological polar surface area (TPSA) is 35.5 Å². The minimum atomic E-state index is -2.83. The third-order valence-electron chi connectivity index (χ3n) is 1.01. The Hall–Kier alpha value is 0.440. The monoisotopic (exact) mass is 170 g/mol. The van der Waals surface area contributed by atoms with Crippen molar-refractivity contribution in [1.82, 2.24) is 0 Å². The molecule has 0 aromatic heterocycles. The van der Waals surface area contributed by atoms with Gasteiger partial charge in [-0.2, -0.15) is 0 Å². The van der Waals surface area contributed by atoms with Crippen molar-refractivity contribution in [3.8, 4) is 0 Å². The fourth-order valence-electron chi connectivity index (χ4n) is 0.572. The number of rotatable bonds is 1. The predicted molar refractivity (Wildman–Crippen MR) is 34.8 cm³/mol. The zero-order chi connectivity index (χ0) is 6.74. The second-order valence-electron chi connectivity index (χ2n) is 1.75. The van der Waals surface area contributed by atoms with Crippen molar-refractivity contribution in [2.24, 2.45) is 0 Å². The van der Waals surface area contributed by atoms with Crippen LogP contribution in [0.25, 0.3) is 0 Å². The van der Waals surface area contributed by atoms with E-state index >= 15 is 0 Å². The van der Waals surface area contributed by atoms with Gasteiger partial charge in [-0.25, -0.2) is 0 Å². The minimum absolute atomic E-state index is 0.0347. The van der Waals surface area contributed by atoms with Crippen LogP contribution >= 0.6 is 19.2 Å². The summed E-state index contributed by atoms with van der Waals surface area (Å²) in [6.45, 7) is 1.01. The van der Waals surface area contributed by atoms with E-state index < -0.39 is 7.60 Å². The predicted octanol–water partition coefficient (Wildman–Crippen LogP) is 1.81. The molecule has 9 heavy (non-hydrogen) atoms. The quantitative estimate of drug-likeness (QED) is 0.445. The largest absolute Gasteiger partial charge is 0.345 e. The third-order valence-corrected chi connectivity index (χ3v) is 3.33. The summed E-state index contributed by atoms with van der Waals surface area (Å²) in [5.41, 5.74) is -0.0347. The van der Waals surface area contributed by atoms with E-state index in [2.05, 4.69) is 0 Å². The fraction of sp³-hybridized carbons (Fsp3) is 1.00. The second-order valence-corrected chi connectivity index (χ2v) is 4.44. The minimum Gasteiger partial charge on any atom is -0.308 e. The highest BCUT2D eigenvalue weighted by Gasteiger charge is 2.25. The van der Waals surface area contributed by atoms with E-state index in [0.29, 0.717) is 13.2 Å². The number of hydrogen-bond donors (Lipinski definition) is 0. The molecule has 1 aliphatic heterocycles. The zero-order valence-electron chi connectivity index (χ0n) is 4.88. The van der Waals surface area contributed by atoms with Gasteiger partial charge in [0.1, 0.15) is 5.62 Å². The van der Waals surface area contributed by atoms with Crippen molar-refractivity contribution in [2.45, 2.75) is 6.42 Å². The molecule has 0 amide bonds. The SMILES string of the molecule is O=P1(CCl)OCCCO1. The molecule has 1 heterocycles. The molecule has 0 spiro atoms. The second kappa shape index (κ2) is 3.02. The van der Waals surface area contributed by atoms with E-state index in [1.54, 1.807) is 0 Å². The van der Waals surface area contributed by atoms with Crippen molar-refractivity contribution in [3.63, 3.8) is 0 Å². The van der Waals surface area contributed by atoms with Gasteiger partial charge in [0.05, 0.1) is 13.2 Å². The smallest absolute Gasteiger partial charge is 0.308 e. The first kappa shape index (κ1) is 7.55. The normalized spacial score (nSPS) is 25.9. The fourth-order valence-corrected chi connectivity index (χ4v) is 2.01. The van der Waals surface area contributed by atoms with Gasteiger partial charge in [0.15, 0.2) is 0 Å². The molecule has 0 saturated carbocycles. The van der Waals surface area contributed by atoms with Crippen molar-refractivity contribution >= 4 is 19.2 Å². The molecule has 1 saturated heterocycles. The molecule has 0 aliphatic carbocycles. The molecule has 0 bridgehead atoms. The van der Waals surface area contributed by atoms with E-state index in [-0.39, 0.29) is 5.62 Å². The summed E-state index contributed by atoms with van der Waals surface area (Å²) in [5.74, 6) is 0. The van der Waals surface area contributed by atoms with Crippen molar-refractivity contribution in [2.75, 3.05) is 18.8 Å². The van der Waals surface area contributed by atoms with Crippen LogP contribution in [-0.2, 0) is 13.6 Å². The van der Waals surface area contributed by atoms with Crippen LogP contribution in [0, 0.1) is 0 Å². The molecule has 54 valence electrons. The average Bonchev–Trinajstić information content (AvgIpc) is 1.90. The first-order valence-electron chi connectivity index (χ1n) is 2.71. The summed E-state index contributed by atoms with van der Waals surface area (Å²) < 4.78 is 20.7. The molecular weight excluding hydrogens is 162 g/mol. The molecule has 0 radical (unpaired) electrons. The number of hydrogen-bond acceptors (Lipinski definition) is 3. The van der Waals surface area contributed by atoms with Gasteiger partial charge in [-0.15, -0.1) is 11.6 Å². The van der Waals surface area contributed by atoms with Crippen molar-refractivity contribution in [3.05, 3.63) is 0 Å². The summed E-state index contributed by atoms with van der Waals surface area (Å²) in [4.78, 5) is 0. The number of halogens is 1. The zero-order valence-corrected chi connectivity index (χ0v) is 6.53. The van der Waals surface area contributed by atoms with E-state index in [1.165, 1.54) is 0 Å². The van der Waals surface area contributed by atoms with Crippen LogP contribution in [0.3, 0.4) is 0 Å².